The van der Waals surface area contributed by atoms with E-state index >= 15 is 0 Å². The Bertz CT molecular complexity index is 1620. The average molecular weight is 676 g/mol. The van der Waals surface area contributed by atoms with Crippen molar-refractivity contribution in [2.75, 3.05) is 11.5 Å². The Labute approximate surface area is 323 Å². The molecule has 2 aliphatic rings. The number of β-lactam (4-membered cyclic amide) rings is 1. The van der Waals surface area contributed by atoms with Crippen LogP contribution in [0.1, 0.15) is 25.2 Å². The second-order valence-electron chi connectivity index (χ2n) is 9.08. The van der Waals surface area contributed by atoms with E-state index in [0.717, 1.165) is 40.3 Å². The van der Waals surface area contributed by atoms with Crippen molar-refractivity contribution in [1.29, 1.82) is 0 Å². The van der Waals surface area contributed by atoms with Crippen molar-refractivity contribution in [3.8, 4) is 5.75 Å². The van der Waals surface area contributed by atoms with Gasteiger partial charge in [0.25, 0.3) is 11.8 Å². The van der Waals surface area contributed by atoms with E-state index in [4.69, 9.17) is 10.6 Å². The van der Waals surface area contributed by atoms with Gasteiger partial charge in [-0.1, -0.05) is 11.2 Å². The Morgan fingerprint density at radius 1 is 1.20 bits per heavy atom. The van der Waals surface area contributed by atoms with Gasteiger partial charge in [-0.2, -0.15) is 4.73 Å². The Morgan fingerprint density at radius 2 is 1.86 bits per heavy atom. The molecule has 1 saturated heterocycles. The molecule has 0 unspecified atom stereocenters. The molecule has 0 aromatic carbocycles. The molecule has 3 radical (unpaired) electrons. The van der Waals surface area contributed by atoms with Gasteiger partial charge in [0, 0.05) is 106 Å². The number of nitrogens with two attached hydrogens (primary N) is 1. The van der Waals surface area contributed by atoms with E-state index < -0.39 is 57.7 Å². The minimum Gasteiger partial charge on any atom is -0.503 e. The molecule has 0 saturated carbocycles. The number of thiazole rings is 1. The van der Waals surface area contributed by atoms with Crippen molar-refractivity contribution in [3.05, 3.63) is 56.6 Å². The molecule has 0 spiro atoms. The molecule has 7 N–H and O–H groups in total. The fourth-order valence-electron chi connectivity index (χ4n) is 3.62. The van der Waals surface area contributed by atoms with Crippen LogP contribution in [0.2, 0.25) is 0 Å². The van der Waals surface area contributed by atoms with Crippen molar-refractivity contribution in [3.63, 3.8) is 0 Å². The smallest absolute Gasteiger partial charge is 0.352 e. The van der Waals surface area contributed by atoms with E-state index in [9.17, 15) is 44.5 Å². The number of rotatable bonds is 9. The third-order valence-electron chi connectivity index (χ3n) is 5.84. The number of carboxylic acid groups (broad SMARTS) is 2. The zero-order chi connectivity index (χ0) is 30.2. The molecule has 0 bridgehead atoms. The molecule has 44 heavy (non-hydrogen) atoms. The Hall–Kier alpha value is -1.84. The fraction of sp³-hybridized carbons (Fsp3) is 0.261. The summed E-state index contributed by atoms with van der Waals surface area (Å²) in [5.41, 5.74) is 2.38. The van der Waals surface area contributed by atoms with Gasteiger partial charge in [0.2, 0.25) is 11.0 Å². The van der Waals surface area contributed by atoms with Gasteiger partial charge >= 0.3 is 11.9 Å². The largest absolute Gasteiger partial charge is 0.503 e. The molecule has 0 aliphatic carbocycles. The fourth-order valence-corrected chi connectivity index (χ4v) is 5.49. The number of carbonyl (C=O) groups excluding carboxylic acids is 2. The summed E-state index contributed by atoms with van der Waals surface area (Å²) in [5.74, 6) is -5.07. The quantitative estimate of drug-likeness (QED) is 0.0597. The molecule has 219 valence electrons. The summed E-state index contributed by atoms with van der Waals surface area (Å²) < 4.78 is 0.476. The summed E-state index contributed by atoms with van der Waals surface area (Å²) in [7, 11) is 0. The van der Waals surface area contributed by atoms with Gasteiger partial charge in [0.05, 0.1) is 11.9 Å². The van der Waals surface area contributed by atoms with Gasteiger partial charge in [0.1, 0.15) is 22.8 Å². The van der Waals surface area contributed by atoms with Crippen LogP contribution in [-0.4, -0.2) is 176 Å². The van der Waals surface area contributed by atoms with Crippen LogP contribution < -0.4 is 16.5 Å². The molecule has 4 heterocycles. The van der Waals surface area contributed by atoms with Crippen molar-refractivity contribution in [2.45, 2.75) is 30.9 Å². The zero-order valence-corrected chi connectivity index (χ0v) is 31.8. The molecule has 2 aromatic heterocycles. The van der Waals surface area contributed by atoms with Gasteiger partial charge in [-0.3, -0.25) is 19.3 Å². The first-order chi connectivity index (χ1) is 19.2. The van der Waals surface area contributed by atoms with E-state index in [1.807, 2.05) is 0 Å². The number of anilines is 1. The van der Waals surface area contributed by atoms with Gasteiger partial charge < -0.3 is 36.4 Å². The molecule has 21 heteroatoms. The standard InChI is InChI=1S/C23H22N6O10S2.3Na/c1-23(2,21(36)37)39-27-14(11-8-41-22(24)25-11)17(32)26-15-18(33)29-16(20(34)35)9(7-40-19(15)29)3-4-10-5-12(30)13(31)6-28(10)38;;;/h3-6,8,15,19,31,38H,7H2,1-2H3,(H2,24,25)(H,26,32)(H,34,35)(H,36,37);;;/b4-3-,27-14-;;;/t15-,19-;;;/m1.../s1. The summed E-state index contributed by atoms with van der Waals surface area (Å²) in [4.78, 5) is 71.4. The summed E-state index contributed by atoms with van der Waals surface area (Å²) >= 11 is 2.12. The number of carbonyl (C=O) groups is 4. The van der Waals surface area contributed by atoms with Crippen molar-refractivity contribution < 1.29 is 44.5 Å². The first kappa shape index (κ1) is 40.2. The van der Waals surface area contributed by atoms with Crippen molar-refractivity contribution >= 4 is 152 Å². The number of hydrogen-bond donors (Lipinski definition) is 6. The summed E-state index contributed by atoms with van der Waals surface area (Å²) in [6, 6.07) is -0.233. The number of thioether (sulfide) groups is 1. The van der Waals surface area contributed by atoms with E-state index in [0.29, 0.717) is 4.73 Å². The number of oxime groups is 1. The SMILES string of the molecule is CC(C)(O/N=C(\C(=O)N[C@@H]1C(=O)N2C(C(=O)O)=C(/C=C\c3cc(=O)c(O)cn3O)CS[C@H]12)c1csc(N)n1)C(=O)O.[Na].[Na].[Na]. The summed E-state index contributed by atoms with van der Waals surface area (Å²) in [6.45, 7) is 2.42. The second-order valence-corrected chi connectivity index (χ2v) is 11.1. The molecule has 2 amide bonds. The predicted molar refractivity (Wildman–Crippen MR) is 161 cm³/mol. The van der Waals surface area contributed by atoms with E-state index in [1.54, 1.807) is 0 Å². The number of fused-ring (bicyclic) bond motifs is 1. The normalized spacial score (nSPS) is 17.8. The van der Waals surface area contributed by atoms with E-state index in [-0.39, 0.29) is 122 Å². The van der Waals surface area contributed by atoms with Crippen LogP contribution in [-0.2, 0) is 24.0 Å². The number of nitrogens with one attached hydrogen (secondary N) is 1. The molecule has 2 aliphatic heterocycles. The minimum atomic E-state index is -1.80. The second kappa shape index (κ2) is 16.1. The number of carboxylic acids is 2. The Balaban J connectivity index is 0.00000323. The predicted octanol–water partition coefficient (Wildman–Crippen LogP) is -1.28. The third-order valence-corrected chi connectivity index (χ3v) is 7.82. The number of aromatic nitrogens is 2. The minimum absolute atomic E-state index is 0. The third kappa shape index (κ3) is 8.49. The van der Waals surface area contributed by atoms with Gasteiger partial charge in [-0.15, -0.1) is 23.1 Å². The molecule has 4 rings (SSSR count). The molecular formula is C23H22N6Na3O10S2. The average Bonchev–Trinajstić information content (AvgIpc) is 3.33. The van der Waals surface area contributed by atoms with Gasteiger partial charge in [-0.25, -0.2) is 14.6 Å². The van der Waals surface area contributed by atoms with Crippen molar-refractivity contribution in [1.82, 2.24) is 19.9 Å². The van der Waals surface area contributed by atoms with Crippen LogP contribution in [0, 0.1) is 0 Å². The number of allylic oxidation sites excluding steroid dienone is 1. The maximum absolute atomic E-state index is 13.2. The molecule has 16 nitrogen and oxygen atoms in total. The van der Waals surface area contributed by atoms with Crippen molar-refractivity contribution in [2.24, 2.45) is 5.16 Å². The molecule has 2 atom stereocenters. The van der Waals surface area contributed by atoms with Crippen LogP contribution in [0.25, 0.3) is 6.08 Å². The van der Waals surface area contributed by atoms with E-state index in [1.165, 1.54) is 31.4 Å². The monoisotopic (exact) mass is 675 g/mol. The summed E-state index contributed by atoms with van der Waals surface area (Å²) in [6.07, 6.45) is 3.32. The molecular weight excluding hydrogens is 653 g/mol. The maximum atomic E-state index is 13.2. The number of hydrogen-bond acceptors (Lipinski definition) is 13. The molecule has 1 fully saturated rings. The topological polar surface area (TPSA) is 247 Å². The maximum Gasteiger partial charge on any atom is 0.352 e. The number of nitrogens with zero attached hydrogens (tertiary/aromatic N) is 4. The number of pyridine rings is 1. The Morgan fingerprint density at radius 3 is 2.43 bits per heavy atom. The Kier molecular flexibility index (Phi) is 14.7. The van der Waals surface area contributed by atoms with Crippen LogP contribution in [0.5, 0.6) is 5.75 Å². The number of amides is 2. The first-order valence-electron chi connectivity index (χ1n) is 11.5. The van der Waals surface area contributed by atoms with Crippen LogP contribution in [0.3, 0.4) is 0 Å². The van der Waals surface area contributed by atoms with Gasteiger partial charge in [0.15, 0.2) is 16.6 Å². The first-order valence-corrected chi connectivity index (χ1v) is 13.4. The van der Waals surface area contributed by atoms with Crippen LogP contribution in [0.4, 0.5) is 5.13 Å². The number of nitrogen functional groups attached to an aromatic ring is 1. The number of aliphatic carboxylic acids is 2. The van der Waals surface area contributed by atoms with Gasteiger partial charge in [-0.05, 0) is 25.5 Å². The zero-order valence-electron chi connectivity index (χ0n) is 24.2. The van der Waals surface area contributed by atoms with Crippen LogP contribution in [0.15, 0.2) is 44.9 Å². The summed E-state index contributed by atoms with van der Waals surface area (Å²) in [5, 5.41) is 45.3. The number of aromatic hydroxyl groups is 1. The van der Waals surface area contributed by atoms with Crippen LogP contribution >= 0.6 is 23.1 Å². The molecule has 2 aromatic rings. The van der Waals surface area contributed by atoms with E-state index in [2.05, 4.69) is 15.5 Å².